The summed E-state index contributed by atoms with van der Waals surface area (Å²) in [7, 11) is 0. The third kappa shape index (κ3) is 2.43. The molecule has 5 heteroatoms. The van der Waals surface area contributed by atoms with E-state index in [2.05, 4.69) is 4.98 Å². The van der Waals surface area contributed by atoms with E-state index in [1.54, 1.807) is 4.90 Å². The second-order valence-corrected chi connectivity index (χ2v) is 4.31. The number of nitrogens with one attached hydrogen (secondary N) is 1. The molecule has 2 heterocycles. The van der Waals surface area contributed by atoms with Gasteiger partial charge in [-0.15, -0.1) is 0 Å². The van der Waals surface area contributed by atoms with Gasteiger partial charge in [0.05, 0.1) is 5.56 Å². The standard InChI is InChI=1S/C12H14N2O3/c1-8-7-14(5-4-10(8)15)12(17)9-2-3-11(16)13-6-9/h2-3,6,8H,4-5,7H2,1H3,(H,13,16). The third-order valence-electron chi connectivity index (χ3n) is 2.99. The molecule has 0 aliphatic carbocycles. The number of amides is 1. The molecule has 1 aromatic heterocycles. The Morgan fingerprint density at radius 2 is 2.18 bits per heavy atom. The van der Waals surface area contributed by atoms with Gasteiger partial charge < -0.3 is 9.88 Å². The van der Waals surface area contributed by atoms with Crippen LogP contribution in [0.1, 0.15) is 23.7 Å². The molecule has 0 saturated carbocycles. The van der Waals surface area contributed by atoms with Crippen LogP contribution >= 0.6 is 0 Å². The van der Waals surface area contributed by atoms with Crippen molar-refractivity contribution >= 4 is 11.7 Å². The van der Waals surface area contributed by atoms with E-state index < -0.39 is 0 Å². The van der Waals surface area contributed by atoms with Crippen LogP contribution in [-0.2, 0) is 4.79 Å². The minimum absolute atomic E-state index is 0.101. The SMILES string of the molecule is CC1CN(C(=O)c2ccc(=O)[nH]c2)CCC1=O. The Kier molecular flexibility index (Phi) is 3.08. The number of aromatic amines is 1. The number of H-pyrrole nitrogens is 1. The fourth-order valence-corrected chi connectivity index (χ4v) is 1.93. The molecular formula is C12H14N2O3. The van der Waals surface area contributed by atoms with Crippen LogP contribution in [0.25, 0.3) is 0 Å². The van der Waals surface area contributed by atoms with Gasteiger partial charge in [-0.05, 0) is 6.07 Å². The van der Waals surface area contributed by atoms with E-state index in [0.717, 1.165) is 0 Å². The van der Waals surface area contributed by atoms with Crippen LogP contribution in [-0.4, -0.2) is 34.7 Å². The summed E-state index contributed by atoms with van der Waals surface area (Å²) >= 11 is 0. The first-order valence-electron chi connectivity index (χ1n) is 5.58. The van der Waals surface area contributed by atoms with Crippen molar-refractivity contribution in [2.24, 2.45) is 5.92 Å². The highest BCUT2D eigenvalue weighted by molar-refractivity contribution is 5.95. The maximum Gasteiger partial charge on any atom is 0.255 e. The number of likely N-dealkylation sites (tertiary alicyclic amines) is 1. The summed E-state index contributed by atoms with van der Waals surface area (Å²) in [6.45, 7) is 2.74. The molecule has 17 heavy (non-hydrogen) atoms. The second kappa shape index (κ2) is 4.53. The van der Waals surface area contributed by atoms with E-state index >= 15 is 0 Å². The van der Waals surface area contributed by atoms with Crippen molar-refractivity contribution in [3.05, 3.63) is 34.2 Å². The highest BCUT2D eigenvalue weighted by atomic mass is 16.2. The van der Waals surface area contributed by atoms with Crippen molar-refractivity contribution in [2.75, 3.05) is 13.1 Å². The summed E-state index contributed by atoms with van der Waals surface area (Å²) in [6.07, 6.45) is 1.82. The number of rotatable bonds is 1. The highest BCUT2D eigenvalue weighted by Gasteiger charge is 2.27. The maximum atomic E-state index is 12.1. The van der Waals surface area contributed by atoms with Crippen molar-refractivity contribution in [3.63, 3.8) is 0 Å². The number of carbonyl (C=O) groups excluding carboxylic acids is 2. The number of carbonyl (C=O) groups is 2. The van der Waals surface area contributed by atoms with Gasteiger partial charge in [-0.3, -0.25) is 14.4 Å². The zero-order chi connectivity index (χ0) is 12.4. The van der Waals surface area contributed by atoms with Crippen molar-refractivity contribution in [1.82, 2.24) is 9.88 Å². The van der Waals surface area contributed by atoms with E-state index in [1.165, 1.54) is 18.3 Å². The molecule has 90 valence electrons. The van der Waals surface area contributed by atoms with Crippen LogP contribution in [0.4, 0.5) is 0 Å². The van der Waals surface area contributed by atoms with E-state index in [9.17, 15) is 14.4 Å². The number of piperidine rings is 1. The average Bonchev–Trinajstić information content (AvgIpc) is 2.33. The molecule has 1 atom stereocenters. The van der Waals surface area contributed by atoms with E-state index in [-0.39, 0.29) is 23.2 Å². The quantitative estimate of drug-likeness (QED) is 0.765. The first-order valence-corrected chi connectivity index (χ1v) is 5.58. The van der Waals surface area contributed by atoms with Crippen LogP contribution in [0.2, 0.25) is 0 Å². The predicted octanol–water partition coefficient (Wildman–Crippen LogP) is 0.426. The molecule has 1 saturated heterocycles. The number of hydrogen-bond donors (Lipinski definition) is 1. The Hall–Kier alpha value is -1.91. The lowest BCUT2D eigenvalue weighted by molar-refractivity contribution is -0.124. The summed E-state index contributed by atoms with van der Waals surface area (Å²) in [5, 5.41) is 0. The third-order valence-corrected chi connectivity index (χ3v) is 2.99. The van der Waals surface area contributed by atoms with Crippen LogP contribution in [0, 0.1) is 5.92 Å². The fourth-order valence-electron chi connectivity index (χ4n) is 1.93. The average molecular weight is 234 g/mol. The Morgan fingerprint density at radius 1 is 1.41 bits per heavy atom. The van der Waals surface area contributed by atoms with Crippen LogP contribution in [0.5, 0.6) is 0 Å². The van der Waals surface area contributed by atoms with Gasteiger partial charge in [0.25, 0.3) is 5.91 Å². The van der Waals surface area contributed by atoms with E-state index in [4.69, 9.17) is 0 Å². The second-order valence-electron chi connectivity index (χ2n) is 4.31. The van der Waals surface area contributed by atoms with Crippen LogP contribution < -0.4 is 5.56 Å². The minimum Gasteiger partial charge on any atom is -0.337 e. The molecule has 1 fully saturated rings. The van der Waals surface area contributed by atoms with Crippen molar-refractivity contribution in [2.45, 2.75) is 13.3 Å². The summed E-state index contributed by atoms with van der Waals surface area (Å²) in [5.41, 5.74) is 0.217. The van der Waals surface area contributed by atoms with E-state index in [1.807, 2.05) is 6.92 Å². The lowest BCUT2D eigenvalue weighted by Gasteiger charge is -2.30. The molecule has 1 N–H and O–H groups in total. The number of aromatic nitrogens is 1. The predicted molar refractivity (Wildman–Crippen MR) is 61.8 cm³/mol. The molecule has 1 aliphatic rings. The molecule has 5 nitrogen and oxygen atoms in total. The number of nitrogens with zero attached hydrogens (tertiary/aromatic N) is 1. The van der Waals surface area contributed by atoms with Crippen LogP contribution in [0.3, 0.4) is 0 Å². The molecule has 1 aliphatic heterocycles. The van der Waals surface area contributed by atoms with E-state index in [0.29, 0.717) is 25.1 Å². The summed E-state index contributed by atoms with van der Waals surface area (Å²) < 4.78 is 0. The van der Waals surface area contributed by atoms with Gasteiger partial charge in [-0.25, -0.2) is 0 Å². The molecule has 0 radical (unpaired) electrons. The largest absolute Gasteiger partial charge is 0.337 e. The number of pyridine rings is 1. The molecule has 2 rings (SSSR count). The maximum absolute atomic E-state index is 12.1. The molecular weight excluding hydrogens is 220 g/mol. The Morgan fingerprint density at radius 3 is 2.76 bits per heavy atom. The summed E-state index contributed by atoms with van der Waals surface area (Å²) in [6, 6.07) is 2.83. The van der Waals surface area contributed by atoms with Gasteiger partial charge in [0.15, 0.2) is 0 Å². The molecule has 0 aromatic carbocycles. The van der Waals surface area contributed by atoms with Gasteiger partial charge >= 0.3 is 0 Å². The molecule has 1 amide bonds. The normalized spacial score (nSPS) is 20.4. The monoisotopic (exact) mass is 234 g/mol. The van der Waals surface area contributed by atoms with Crippen molar-refractivity contribution < 1.29 is 9.59 Å². The highest BCUT2D eigenvalue weighted by Crippen LogP contribution is 2.14. The van der Waals surface area contributed by atoms with Gasteiger partial charge in [0.2, 0.25) is 5.56 Å². The fraction of sp³-hybridized carbons (Fsp3) is 0.417. The molecule has 0 bridgehead atoms. The molecule has 1 aromatic rings. The van der Waals surface area contributed by atoms with Crippen LogP contribution in [0.15, 0.2) is 23.1 Å². The number of Topliss-reactive ketones (excluding diaryl/α,β-unsaturated/α-hetero) is 1. The summed E-state index contributed by atoms with van der Waals surface area (Å²) in [5.74, 6) is -0.0356. The smallest absolute Gasteiger partial charge is 0.255 e. The van der Waals surface area contributed by atoms with Gasteiger partial charge in [-0.2, -0.15) is 0 Å². The lowest BCUT2D eigenvalue weighted by Crippen LogP contribution is -2.43. The Bertz CT molecular complexity index is 486. The topological polar surface area (TPSA) is 70.2 Å². The van der Waals surface area contributed by atoms with Crippen molar-refractivity contribution in [1.29, 1.82) is 0 Å². The van der Waals surface area contributed by atoms with Gasteiger partial charge in [-0.1, -0.05) is 6.92 Å². The lowest BCUT2D eigenvalue weighted by atomic mass is 9.98. The number of ketones is 1. The number of hydrogen-bond acceptors (Lipinski definition) is 3. The Labute approximate surface area is 98.4 Å². The van der Waals surface area contributed by atoms with Crippen molar-refractivity contribution in [3.8, 4) is 0 Å². The molecule has 1 unspecified atom stereocenters. The first kappa shape index (κ1) is 11.6. The minimum atomic E-state index is -0.233. The Balaban J connectivity index is 2.13. The zero-order valence-electron chi connectivity index (χ0n) is 9.60. The van der Waals surface area contributed by atoms with Gasteiger partial charge in [0.1, 0.15) is 5.78 Å². The van der Waals surface area contributed by atoms with Gasteiger partial charge in [0, 0.05) is 37.7 Å². The zero-order valence-corrected chi connectivity index (χ0v) is 9.60. The molecule has 0 spiro atoms. The summed E-state index contributed by atoms with van der Waals surface area (Å²) in [4.78, 5) is 38.4. The first-order chi connectivity index (χ1) is 8.08.